The highest BCUT2D eigenvalue weighted by Crippen LogP contribution is 2.44. The van der Waals surface area contributed by atoms with Crippen LogP contribution < -0.4 is 5.43 Å². The molecule has 3 aromatic heterocycles. The van der Waals surface area contributed by atoms with Crippen LogP contribution in [0.15, 0.2) is 45.1 Å². The third kappa shape index (κ3) is 2.18. The van der Waals surface area contributed by atoms with Crippen molar-refractivity contribution in [3.8, 4) is 12.1 Å². The number of allylic oxidation sites excluding steroid dienone is 2. The van der Waals surface area contributed by atoms with Gasteiger partial charge in [-0.1, -0.05) is 18.2 Å². The summed E-state index contributed by atoms with van der Waals surface area (Å²) in [5.41, 5.74) is 6.29. The van der Waals surface area contributed by atoms with Crippen LogP contribution in [0.25, 0.3) is 50.3 Å². The van der Waals surface area contributed by atoms with E-state index in [1.165, 1.54) is 0 Å². The predicted molar refractivity (Wildman–Crippen MR) is 126 cm³/mol. The van der Waals surface area contributed by atoms with Gasteiger partial charge < -0.3 is 8.82 Å². The first-order valence-electron chi connectivity index (χ1n) is 10.5. The summed E-state index contributed by atoms with van der Waals surface area (Å²) in [6.07, 6.45) is 6.91. The number of nitriles is 2. The molecule has 0 N–H and O–H groups in total. The van der Waals surface area contributed by atoms with Gasteiger partial charge in [-0.3, -0.25) is 4.79 Å². The van der Waals surface area contributed by atoms with Crippen LogP contribution in [0.4, 0.5) is 0 Å². The van der Waals surface area contributed by atoms with Crippen molar-refractivity contribution in [3.05, 3.63) is 74.3 Å². The third-order valence-electron chi connectivity index (χ3n) is 6.54. The zero-order valence-electron chi connectivity index (χ0n) is 17.6. The van der Waals surface area contributed by atoms with Gasteiger partial charge in [-0.2, -0.15) is 10.5 Å². The summed E-state index contributed by atoms with van der Waals surface area (Å²) in [6.45, 7) is 3.70. The van der Waals surface area contributed by atoms with Gasteiger partial charge in [-0.15, -0.1) is 0 Å². The minimum atomic E-state index is -0.0485. The largest absolute Gasteiger partial charge is 0.460 e. The summed E-state index contributed by atoms with van der Waals surface area (Å²) in [5.74, 6) is 0.587. The van der Waals surface area contributed by atoms with E-state index in [1.807, 2.05) is 44.2 Å². The Morgan fingerprint density at radius 1 is 1.09 bits per heavy atom. The molecule has 6 rings (SSSR count). The lowest BCUT2D eigenvalue weighted by molar-refractivity contribution is 0.566. The molecule has 0 unspecified atom stereocenters. The molecular formula is C27H17N3O2. The van der Waals surface area contributed by atoms with Crippen molar-refractivity contribution in [2.24, 2.45) is 0 Å². The fourth-order valence-corrected chi connectivity index (χ4v) is 5.16. The first-order valence-corrected chi connectivity index (χ1v) is 10.5. The molecule has 0 spiro atoms. The van der Waals surface area contributed by atoms with Gasteiger partial charge >= 0.3 is 0 Å². The van der Waals surface area contributed by atoms with Gasteiger partial charge in [0.15, 0.2) is 5.43 Å². The summed E-state index contributed by atoms with van der Waals surface area (Å²) >= 11 is 0. The van der Waals surface area contributed by atoms with Crippen molar-refractivity contribution in [2.75, 3.05) is 0 Å². The van der Waals surface area contributed by atoms with Gasteiger partial charge in [-0.05, 0) is 56.5 Å². The molecule has 0 aliphatic heterocycles. The van der Waals surface area contributed by atoms with Crippen LogP contribution in [0.1, 0.15) is 41.5 Å². The Morgan fingerprint density at radius 2 is 1.94 bits per heavy atom. The van der Waals surface area contributed by atoms with E-state index in [-0.39, 0.29) is 5.43 Å². The van der Waals surface area contributed by atoms with E-state index >= 15 is 0 Å². The number of rotatable bonds is 1. The molecule has 152 valence electrons. The molecule has 0 fully saturated rings. The second-order valence-electron chi connectivity index (χ2n) is 8.25. The SMILES string of the molecule is C/C=C\c1c(C)oc2c(cc3c4ccc(C#N)cc4n4c5c(c2c34)CCC(C#N)=C5)c1=O. The molecule has 2 aromatic carbocycles. The fraction of sp³-hybridized carbons (Fsp3) is 0.148. The lowest BCUT2D eigenvalue weighted by Crippen LogP contribution is -2.08. The number of nitrogens with zero attached hydrogens (tertiary/aromatic N) is 3. The highest BCUT2D eigenvalue weighted by atomic mass is 16.3. The molecule has 0 radical (unpaired) electrons. The Hall–Kier alpha value is -4.35. The average molecular weight is 415 g/mol. The fourth-order valence-electron chi connectivity index (χ4n) is 5.16. The van der Waals surface area contributed by atoms with Crippen LogP contribution >= 0.6 is 0 Å². The first-order chi connectivity index (χ1) is 15.6. The quantitative estimate of drug-likeness (QED) is 0.343. The van der Waals surface area contributed by atoms with Crippen LogP contribution in [0.2, 0.25) is 0 Å². The van der Waals surface area contributed by atoms with Crippen LogP contribution in [-0.4, -0.2) is 4.40 Å². The molecule has 5 nitrogen and oxygen atoms in total. The topological polar surface area (TPSA) is 82.2 Å². The minimum absolute atomic E-state index is 0.0485. The molecule has 1 aliphatic carbocycles. The maximum absolute atomic E-state index is 13.5. The molecule has 0 amide bonds. The zero-order valence-corrected chi connectivity index (χ0v) is 17.6. The standard InChI is InChI=1S/C27H17N3O2/c1-3-4-17-14(2)32-27-21(26(17)31)11-20-18-7-5-15(12-28)9-22(18)30-23-10-16(13-29)6-8-19(23)24(27)25(20)30/h3-5,7,9-11H,6,8H2,1-2H3/b4-3-. The normalized spacial score (nSPS) is 13.8. The van der Waals surface area contributed by atoms with E-state index in [1.54, 1.807) is 12.1 Å². The Bertz CT molecular complexity index is 1830. The van der Waals surface area contributed by atoms with Gasteiger partial charge in [0, 0.05) is 21.7 Å². The van der Waals surface area contributed by atoms with Gasteiger partial charge in [-0.25, -0.2) is 0 Å². The molecule has 0 bridgehead atoms. The van der Waals surface area contributed by atoms with E-state index in [0.29, 0.717) is 40.7 Å². The lowest BCUT2D eigenvalue weighted by atomic mass is 9.93. The van der Waals surface area contributed by atoms with Crippen molar-refractivity contribution in [1.29, 1.82) is 10.5 Å². The van der Waals surface area contributed by atoms with Crippen molar-refractivity contribution in [2.45, 2.75) is 26.7 Å². The maximum atomic E-state index is 13.5. The second-order valence-corrected chi connectivity index (χ2v) is 8.25. The molecule has 3 heterocycles. The first kappa shape index (κ1) is 18.4. The number of hydrogen-bond donors (Lipinski definition) is 0. The van der Waals surface area contributed by atoms with E-state index in [9.17, 15) is 15.3 Å². The van der Waals surface area contributed by atoms with Gasteiger partial charge in [0.2, 0.25) is 0 Å². The minimum Gasteiger partial charge on any atom is -0.460 e. The maximum Gasteiger partial charge on any atom is 0.200 e. The van der Waals surface area contributed by atoms with Gasteiger partial charge in [0.25, 0.3) is 0 Å². The van der Waals surface area contributed by atoms with Crippen molar-refractivity contribution >= 4 is 50.3 Å². The van der Waals surface area contributed by atoms with E-state index in [2.05, 4.69) is 16.5 Å². The number of hydrogen-bond acceptors (Lipinski definition) is 4. The molecule has 5 aromatic rings. The number of fused-ring (bicyclic) bond motifs is 8. The van der Waals surface area contributed by atoms with Crippen molar-refractivity contribution in [3.63, 3.8) is 0 Å². The second kappa shape index (κ2) is 6.33. The van der Waals surface area contributed by atoms with Crippen molar-refractivity contribution < 1.29 is 4.42 Å². The monoisotopic (exact) mass is 415 g/mol. The summed E-state index contributed by atoms with van der Waals surface area (Å²) in [7, 11) is 0. The third-order valence-corrected chi connectivity index (χ3v) is 6.54. The van der Waals surface area contributed by atoms with Crippen molar-refractivity contribution in [1.82, 2.24) is 4.40 Å². The van der Waals surface area contributed by atoms with Crippen LogP contribution in [0.3, 0.4) is 0 Å². The van der Waals surface area contributed by atoms with E-state index in [4.69, 9.17) is 4.42 Å². The number of aromatic nitrogens is 1. The van der Waals surface area contributed by atoms with Crippen LogP contribution in [-0.2, 0) is 6.42 Å². The van der Waals surface area contributed by atoms with Gasteiger partial charge in [0.1, 0.15) is 11.3 Å². The summed E-state index contributed by atoms with van der Waals surface area (Å²) in [4.78, 5) is 13.5. The Labute approximate surface area is 183 Å². The molecular weight excluding hydrogens is 398 g/mol. The molecule has 0 saturated heterocycles. The van der Waals surface area contributed by atoms with Crippen LogP contribution in [0.5, 0.6) is 0 Å². The molecule has 5 heteroatoms. The summed E-state index contributed by atoms with van der Waals surface area (Å²) in [6, 6.07) is 12.1. The highest BCUT2D eigenvalue weighted by molar-refractivity contribution is 6.23. The Kier molecular flexibility index (Phi) is 3.64. The Morgan fingerprint density at radius 3 is 2.69 bits per heavy atom. The molecule has 32 heavy (non-hydrogen) atoms. The predicted octanol–water partition coefficient (Wildman–Crippen LogP) is 5.86. The highest BCUT2D eigenvalue weighted by Gasteiger charge is 2.27. The molecule has 0 atom stereocenters. The van der Waals surface area contributed by atoms with E-state index in [0.717, 1.165) is 44.0 Å². The Balaban J connectivity index is 1.95. The zero-order chi connectivity index (χ0) is 22.1. The summed E-state index contributed by atoms with van der Waals surface area (Å²) in [5, 5.41) is 22.4. The lowest BCUT2D eigenvalue weighted by Gasteiger charge is -2.11. The summed E-state index contributed by atoms with van der Waals surface area (Å²) < 4.78 is 8.42. The number of benzene rings is 2. The van der Waals surface area contributed by atoms with Gasteiger partial charge in [0.05, 0.1) is 45.4 Å². The smallest absolute Gasteiger partial charge is 0.200 e. The van der Waals surface area contributed by atoms with E-state index < -0.39 is 0 Å². The molecule has 1 aliphatic rings. The molecule has 0 saturated carbocycles. The van der Waals surface area contributed by atoms with Crippen LogP contribution in [0, 0.1) is 29.6 Å². The average Bonchev–Trinajstić information content (AvgIpc) is 3.32. The number of aryl methyl sites for hydroxylation is 2.